The van der Waals surface area contributed by atoms with Crippen molar-refractivity contribution < 1.29 is 28.6 Å². The van der Waals surface area contributed by atoms with Crippen LogP contribution >= 0.6 is 0 Å². The molecule has 0 rings (SSSR count). The number of unbranched alkanes of at least 4 members (excludes halogenated alkanes) is 22. The van der Waals surface area contributed by atoms with Crippen molar-refractivity contribution in [3.05, 3.63) is 36.5 Å². The van der Waals surface area contributed by atoms with Crippen LogP contribution in [-0.4, -0.2) is 37.2 Å². The second-order valence-corrected chi connectivity index (χ2v) is 14.6. The Labute approximate surface area is 321 Å². The summed E-state index contributed by atoms with van der Waals surface area (Å²) in [4.78, 5) is 37.3. The van der Waals surface area contributed by atoms with E-state index in [1.54, 1.807) is 0 Å². The lowest BCUT2D eigenvalue weighted by atomic mass is 10.1. The molecule has 0 fully saturated rings. The Morgan fingerprint density at radius 3 is 1.08 bits per heavy atom. The molecule has 0 bridgehead atoms. The average Bonchev–Trinajstić information content (AvgIpc) is 3.14. The molecule has 0 aromatic heterocycles. The van der Waals surface area contributed by atoms with Crippen LogP contribution in [0, 0.1) is 0 Å². The van der Waals surface area contributed by atoms with Gasteiger partial charge in [0.25, 0.3) is 0 Å². The summed E-state index contributed by atoms with van der Waals surface area (Å²) >= 11 is 0. The lowest BCUT2D eigenvalue weighted by molar-refractivity contribution is -0.167. The molecule has 0 radical (unpaired) electrons. The number of carbonyl (C=O) groups is 3. The predicted octanol–water partition coefficient (Wildman–Crippen LogP) is 13.8. The smallest absolute Gasteiger partial charge is 0.306 e. The maximum atomic E-state index is 12.5. The van der Waals surface area contributed by atoms with Gasteiger partial charge < -0.3 is 14.2 Å². The maximum absolute atomic E-state index is 12.5. The summed E-state index contributed by atoms with van der Waals surface area (Å²) in [6.45, 7) is 6.50. The highest BCUT2D eigenvalue weighted by atomic mass is 16.6. The van der Waals surface area contributed by atoms with E-state index in [0.29, 0.717) is 19.3 Å². The van der Waals surface area contributed by atoms with Crippen molar-refractivity contribution >= 4 is 17.9 Å². The number of ether oxygens (including phenoxy) is 3. The Kier molecular flexibility index (Phi) is 39.5. The first-order valence-corrected chi connectivity index (χ1v) is 22.0. The molecule has 52 heavy (non-hydrogen) atoms. The Balaban J connectivity index is 4.14. The molecule has 1 atom stereocenters. The fraction of sp³-hybridized carbons (Fsp3) is 0.804. The molecule has 0 amide bonds. The SMILES string of the molecule is CCCCCCC/C=C\C/C=C\C/C=C\CCCCCCCCC(=O)OCC(COC(=O)CCCCCCCC)OC(=O)CCCCCCCCC. The van der Waals surface area contributed by atoms with Crippen molar-refractivity contribution in [3.63, 3.8) is 0 Å². The molecule has 0 aliphatic carbocycles. The van der Waals surface area contributed by atoms with Crippen molar-refractivity contribution in [2.75, 3.05) is 13.2 Å². The third-order valence-electron chi connectivity index (χ3n) is 9.40. The molecule has 0 saturated carbocycles. The van der Waals surface area contributed by atoms with Gasteiger partial charge in [-0.1, -0.05) is 179 Å². The number of hydrogen-bond acceptors (Lipinski definition) is 6. The third kappa shape index (κ3) is 38.9. The van der Waals surface area contributed by atoms with Crippen LogP contribution < -0.4 is 0 Å². The van der Waals surface area contributed by atoms with E-state index in [9.17, 15) is 14.4 Å². The first-order valence-electron chi connectivity index (χ1n) is 22.0. The van der Waals surface area contributed by atoms with E-state index < -0.39 is 6.10 Å². The van der Waals surface area contributed by atoms with Gasteiger partial charge in [-0.3, -0.25) is 14.4 Å². The van der Waals surface area contributed by atoms with Crippen LogP contribution in [0.3, 0.4) is 0 Å². The molecule has 0 heterocycles. The highest BCUT2D eigenvalue weighted by Gasteiger charge is 2.19. The fourth-order valence-corrected chi connectivity index (χ4v) is 6.04. The minimum absolute atomic E-state index is 0.0758. The van der Waals surface area contributed by atoms with Gasteiger partial charge in [0.05, 0.1) is 0 Å². The number of allylic oxidation sites excluding steroid dienone is 6. The van der Waals surface area contributed by atoms with Crippen molar-refractivity contribution in [1.29, 1.82) is 0 Å². The van der Waals surface area contributed by atoms with Crippen LogP contribution in [-0.2, 0) is 28.6 Å². The minimum Gasteiger partial charge on any atom is -0.462 e. The minimum atomic E-state index is -0.767. The van der Waals surface area contributed by atoms with E-state index in [2.05, 4.69) is 57.2 Å². The largest absolute Gasteiger partial charge is 0.462 e. The van der Waals surface area contributed by atoms with Gasteiger partial charge in [-0.15, -0.1) is 0 Å². The predicted molar refractivity (Wildman–Crippen MR) is 219 cm³/mol. The van der Waals surface area contributed by atoms with Crippen LogP contribution in [0.15, 0.2) is 36.5 Å². The summed E-state index contributed by atoms with van der Waals surface area (Å²) in [5.74, 6) is -0.906. The second-order valence-electron chi connectivity index (χ2n) is 14.6. The van der Waals surface area contributed by atoms with Gasteiger partial charge in [-0.25, -0.2) is 0 Å². The van der Waals surface area contributed by atoms with Crippen LogP contribution in [0.1, 0.15) is 220 Å². The number of rotatable bonds is 39. The normalized spacial score (nSPS) is 12.3. The zero-order valence-electron chi connectivity index (χ0n) is 34.3. The number of hydrogen-bond donors (Lipinski definition) is 0. The second kappa shape index (κ2) is 41.4. The molecule has 0 aliphatic heterocycles. The van der Waals surface area contributed by atoms with E-state index in [-0.39, 0.29) is 31.1 Å². The van der Waals surface area contributed by atoms with Crippen LogP contribution in [0.4, 0.5) is 0 Å². The highest BCUT2D eigenvalue weighted by Crippen LogP contribution is 2.13. The van der Waals surface area contributed by atoms with Gasteiger partial charge in [-0.05, 0) is 57.8 Å². The summed E-state index contributed by atoms with van der Waals surface area (Å²) < 4.78 is 16.5. The summed E-state index contributed by atoms with van der Waals surface area (Å²) in [7, 11) is 0. The van der Waals surface area contributed by atoms with E-state index in [1.807, 2.05) is 0 Å². The molecule has 1 unspecified atom stereocenters. The zero-order valence-corrected chi connectivity index (χ0v) is 34.3. The summed E-state index contributed by atoms with van der Waals surface area (Å²) in [6.07, 6.45) is 45.9. The van der Waals surface area contributed by atoms with Gasteiger partial charge in [0.2, 0.25) is 0 Å². The lowest BCUT2D eigenvalue weighted by Gasteiger charge is -2.18. The van der Waals surface area contributed by atoms with E-state index in [0.717, 1.165) is 77.0 Å². The van der Waals surface area contributed by atoms with Crippen molar-refractivity contribution in [2.45, 2.75) is 226 Å². The van der Waals surface area contributed by atoms with Gasteiger partial charge >= 0.3 is 17.9 Å². The van der Waals surface area contributed by atoms with Gasteiger partial charge in [0, 0.05) is 19.3 Å². The topological polar surface area (TPSA) is 78.9 Å². The monoisotopic (exact) mass is 731 g/mol. The lowest BCUT2D eigenvalue weighted by Crippen LogP contribution is -2.30. The van der Waals surface area contributed by atoms with E-state index >= 15 is 0 Å². The average molecular weight is 731 g/mol. The highest BCUT2D eigenvalue weighted by molar-refractivity contribution is 5.71. The van der Waals surface area contributed by atoms with Crippen molar-refractivity contribution in [1.82, 2.24) is 0 Å². The molecule has 0 N–H and O–H groups in total. The first kappa shape index (κ1) is 49.6. The summed E-state index contributed by atoms with van der Waals surface area (Å²) in [6, 6.07) is 0. The van der Waals surface area contributed by atoms with Crippen LogP contribution in [0.5, 0.6) is 0 Å². The Bertz CT molecular complexity index is 891. The molecule has 0 spiro atoms. The number of esters is 3. The molecule has 0 aromatic rings. The standard InChI is InChI=1S/C46H82O6/c1-4-7-10-13-16-17-18-19-20-21-22-23-24-25-26-27-28-29-31-33-36-39-45(48)51-42-43(41-50-44(47)38-35-32-15-12-9-6-3)52-46(49)40-37-34-30-14-11-8-5-2/h18-19,21-22,24-25,43H,4-17,20,23,26-42H2,1-3H3/b19-18-,22-21-,25-24-. The molecular formula is C46H82O6. The van der Waals surface area contributed by atoms with Crippen molar-refractivity contribution in [2.24, 2.45) is 0 Å². The molecule has 302 valence electrons. The Morgan fingerprint density at radius 2 is 0.692 bits per heavy atom. The zero-order chi connectivity index (χ0) is 38.0. The van der Waals surface area contributed by atoms with Gasteiger partial charge in [-0.2, -0.15) is 0 Å². The Hall–Kier alpha value is -2.37. The maximum Gasteiger partial charge on any atom is 0.306 e. The van der Waals surface area contributed by atoms with E-state index in [4.69, 9.17) is 14.2 Å². The molecule has 0 aliphatic rings. The molecular weight excluding hydrogens is 649 g/mol. The molecule has 6 nitrogen and oxygen atoms in total. The molecule has 0 saturated heterocycles. The summed E-state index contributed by atoms with van der Waals surface area (Å²) in [5.41, 5.74) is 0. The first-order chi connectivity index (χ1) is 25.5. The molecule has 0 aromatic carbocycles. The summed E-state index contributed by atoms with van der Waals surface area (Å²) in [5, 5.41) is 0. The van der Waals surface area contributed by atoms with Crippen LogP contribution in [0.25, 0.3) is 0 Å². The van der Waals surface area contributed by atoms with E-state index in [1.165, 1.54) is 103 Å². The van der Waals surface area contributed by atoms with Gasteiger partial charge in [0.15, 0.2) is 6.10 Å². The van der Waals surface area contributed by atoms with Crippen LogP contribution in [0.2, 0.25) is 0 Å². The van der Waals surface area contributed by atoms with Gasteiger partial charge in [0.1, 0.15) is 13.2 Å². The fourth-order valence-electron chi connectivity index (χ4n) is 6.04. The molecule has 6 heteroatoms. The van der Waals surface area contributed by atoms with Crippen molar-refractivity contribution in [3.8, 4) is 0 Å². The third-order valence-corrected chi connectivity index (χ3v) is 9.40. The Morgan fingerprint density at radius 1 is 0.385 bits per heavy atom. The quantitative estimate of drug-likeness (QED) is 0.0271. The number of carbonyl (C=O) groups excluding carboxylic acids is 3.